The molecule has 0 amide bonds. The average Bonchev–Trinajstić information content (AvgIpc) is 3.23. The molecule has 0 unspecified atom stereocenters. The number of hydrogen-bond donors (Lipinski definition) is 1. The number of nitrogens with zero attached hydrogens (tertiary/aromatic N) is 3. The van der Waals surface area contributed by atoms with E-state index in [2.05, 4.69) is 28.8 Å². The summed E-state index contributed by atoms with van der Waals surface area (Å²) in [5.74, 6) is 2.30. The zero-order chi connectivity index (χ0) is 16.2. The molecule has 1 atom stereocenters. The highest BCUT2D eigenvalue weighted by Gasteiger charge is 2.24. The first-order chi connectivity index (χ1) is 11.1. The number of aryl methyl sites for hydroxylation is 1. The molecule has 0 spiro atoms. The fourth-order valence-electron chi connectivity index (χ4n) is 3.25. The fraction of sp³-hybridized carbons (Fsp3) is 0.588. The minimum atomic E-state index is -0.0234. The van der Waals surface area contributed by atoms with E-state index < -0.39 is 0 Å². The van der Waals surface area contributed by atoms with Crippen molar-refractivity contribution in [2.75, 3.05) is 26.7 Å². The summed E-state index contributed by atoms with van der Waals surface area (Å²) < 4.78 is 5.59. The fourth-order valence-corrected chi connectivity index (χ4v) is 4.10. The van der Waals surface area contributed by atoms with Crippen molar-refractivity contribution in [1.29, 1.82) is 0 Å². The Labute approximate surface area is 141 Å². The highest BCUT2D eigenvalue weighted by molar-refractivity contribution is 7.09. The number of aliphatic hydroxyl groups excluding tert-OH is 1. The van der Waals surface area contributed by atoms with Crippen LogP contribution in [0.4, 0.5) is 0 Å². The molecule has 5 nitrogen and oxygen atoms in total. The van der Waals surface area contributed by atoms with Gasteiger partial charge in [-0.2, -0.15) is 0 Å². The van der Waals surface area contributed by atoms with Crippen LogP contribution in [0.2, 0.25) is 0 Å². The molecule has 23 heavy (non-hydrogen) atoms. The summed E-state index contributed by atoms with van der Waals surface area (Å²) in [7, 11) is 2.20. The first-order valence-electron chi connectivity index (χ1n) is 8.12. The van der Waals surface area contributed by atoms with Gasteiger partial charge in [-0.3, -0.25) is 4.90 Å². The molecule has 6 heteroatoms. The zero-order valence-corrected chi connectivity index (χ0v) is 14.7. The van der Waals surface area contributed by atoms with E-state index in [-0.39, 0.29) is 6.61 Å². The van der Waals surface area contributed by atoms with Crippen molar-refractivity contribution in [3.8, 4) is 0 Å². The van der Waals surface area contributed by atoms with Crippen molar-refractivity contribution in [2.45, 2.75) is 33.0 Å². The van der Waals surface area contributed by atoms with Crippen LogP contribution in [-0.4, -0.2) is 46.6 Å². The Hall–Kier alpha value is -1.21. The van der Waals surface area contributed by atoms with Gasteiger partial charge in [0.2, 0.25) is 0 Å². The Bertz CT molecular complexity index is 625. The molecule has 0 radical (unpaired) electrons. The van der Waals surface area contributed by atoms with Gasteiger partial charge in [0, 0.05) is 24.5 Å². The maximum absolute atomic E-state index is 9.06. The number of hydrogen-bond acceptors (Lipinski definition) is 6. The van der Waals surface area contributed by atoms with Crippen LogP contribution in [0, 0.1) is 12.8 Å². The van der Waals surface area contributed by atoms with E-state index in [1.165, 1.54) is 11.3 Å². The summed E-state index contributed by atoms with van der Waals surface area (Å²) in [6.45, 7) is 7.24. The van der Waals surface area contributed by atoms with E-state index >= 15 is 0 Å². The lowest BCUT2D eigenvalue weighted by Gasteiger charge is -2.21. The smallest absolute Gasteiger partial charge is 0.129 e. The van der Waals surface area contributed by atoms with Gasteiger partial charge in [0.1, 0.15) is 18.1 Å². The molecule has 0 saturated carbocycles. The van der Waals surface area contributed by atoms with Gasteiger partial charge in [0.25, 0.3) is 0 Å². The minimum Gasteiger partial charge on any atom is -0.462 e. The van der Waals surface area contributed by atoms with E-state index in [9.17, 15) is 0 Å². The summed E-state index contributed by atoms with van der Waals surface area (Å²) in [5.41, 5.74) is 3.09. The SMILES string of the molecule is Cc1ncsc1CN(C)C[C@@H]1CCN(Cc2ccc(CO)o2)C1. The van der Waals surface area contributed by atoms with Gasteiger partial charge in [-0.15, -0.1) is 11.3 Å². The molecule has 2 aromatic heterocycles. The van der Waals surface area contributed by atoms with Crippen LogP contribution >= 0.6 is 11.3 Å². The lowest BCUT2D eigenvalue weighted by Crippen LogP contribution is -2.27. The van der Waals surface area contributed by atoms with Gasteiger partial charge in [-0.05, 0) is 45.0 Å². The second-order valence-electron chi connectivity index (χ2n) is 6.47. The van der Waals surface area contributed by atoms with Crippen molar-refractivity contribution in [2.24, 2.45) is 5.92 Å². The molecule has 0 aliphatic carbocycles. The molecule has 1 aliphatic heterocycles. The van der Waals surface area contributed by atoms with Crippen molar-refractivity contribution >= 4 is 11.3 Å². The molecular weight excluding hydrogens is 310 g/mol. The number of rotatable bonds is 7. The van der Waals surface area contributed by atoms with Gasteiger partial charge in [-0.1, -0.05) is 0 Å². The predicted molar refractivity (Wildman–Crippen MR) is 91.2 cm³/mol. The molecule has 1 saturated heterocycles. The van der Waals surface area contributed by atoms with E-state index in [0.717, 1.165) is 44.2 Å². The van der Waals surface area contributed by atoms with E-state index in [1.54, 1.807) is 11.3 Å². The molecule has 1 aliphatic rings. The second kappa shape index (κ2) is 7.57. The van der Waals surface area contributed by atoms with Crippen LogP contribution in [0.3, 0.4) is 0 Å². The number of aliphatic hydroxyl groups is 1. The molecular formula is C17H25N3O2S. The lowest BCUT2D eigenvalue weighted by atomic mass is 10.1. The predicted octanol–water partition coefficient (Wildman–Crippen LogP) is 2.49. The maximum Gasteiger partial charge on any atom is 0.129 e. The zero-order valence-electron chi connectivity index (χ0n) is 13.9. The molecule has 1 fully saturated rings. The average molecular weight is 335 g/mol. The number of furan rings is 1. The van der Waals surface area contributed by atoms with Crippen molar-refractivity contribution in [3.05, 3.63) is 39.7 Å². The van der Waals surface area contributed by atoms with Crippen LogP contribution in [0.25, 0.3) is 0 Å². The topological polar surface area (TPSA) is 52.7 Å². The van der Waals surface area contributed by atoms with Crippen molar-refractivity contribution in [1.82, 2.24) is 14.8 Å². The minimum absolute atomic E-state index is 0.0234. The molecule has 0 bridgehead atoms. The second-order valence-corrected chi connectivity index (χ2v) is 7.41. The van der Waals surface area contributed by atoms with Crippen LogP contribution < -0.4 is 0 Å². The van der Waals surface area contributed by atoms with Gasteiger partial charge in [0.05, 0.1) is 17.7 Å². The van der Waals surface area contributed by atoms with E-state index in [4.69, 9.17) is 9.52 Å². The van der Waals surface area contributed by atoms with Crippen molar-refractivity contribution in [3.63, 3.8) is 0 Å². The number of thiazole rings is 1. The third-order valence-electron chi connectivity index (χ3n) is 4.45. The van der Waals surface area contributed by atoms with Gasteiger partial charge in [-0.25, -0.2) is 4.98 Å². The highest BCUT2D eigenvalue weighted by Crippen LogP contribution is 2.22. The normalized spacial score (nSPS) is 19.0. The first kappa shape index (κ1) is 16.6. The Kier molecular flexibility index (Phi) is 5.48. The van der Waals surface area contributed by atoms with E-state index in [0.29, 0.717) is 11.7 Å². The molecule has 1 N–H and O–H groups in total. The highest BCUT2D eigenvalue weighted by atomic mass is 32.1. The largest absolute Gasteiger partial charge is 0.462 e. The maximum atomic E-state index is 9.06. The Morgan fingerprint density at radius 2 is 2.26 bits per heavy atom. The molecule has 126 valence electrons. The first-order valence-corrected chi connectivity index (χ1v) is 9.00. The van der Waals surface area contributed by atoms with Crippen LogP contribution in [0.1, 0.15) is 28.5 Å². The number of likely N-dealkylation sites (tertiary alicyclic amines) is 1. The monoisotopic (exact) mass is 335 g/mol. The molecule has 0 aromatic carbocycles. The third-order valence-corrected chi connectivity index (χ3v) is 5.37. The Morgan fingerprint density at radius 1 is 1.43 bits per heavy atom. The van der Waals surface area contributed by atoms with Gasteiger partial charge < -0.3 is 14.4 Å². The summed E-state index contributed by atoms with van der Waals surface area (Å²) in [6, 6.07) is 3.83. The van der Waals surface area contributed by atoms with Gasteiger partial charge >= 0.3 is 0 Å². The quantitative estimate of drug-likeness (QED) is 0.842. The lowest BCUT2D eigenvalue weighted by molar-refractivity contribution is 0.226. The van der Waals surface area contributed by atoms with Crippen LogP contribution in [0.5, 0.6) is 0 Å². The summed E-state index contributed by atoms with van der Waals surface area (Å²) in [4.78, 5) is 10.5. The van der Waals surface area contributed by atoms with Crippen LogP contribution in [-0.2, 0) is 19.7 Å². The third kappa shape index (κ3) is 4.41. The molecule has 3 rings (SSSR count). The summed E-state index contributed by atoms with van der Waals surface area (Å²) in [5, 5.41) is 9.06. The molecule has 2 aromatic rings. The summed E-state index contributed by atoms with van der Waals surface area (Å²) in [6.07, 6.45) is 1.24. The Morgan fingerprint density at radius 3 is 2.96 bits per heavy atom. The van der Waals surface area contributed by atoms with Crippen molar-refractivity contribution < 1.29 is 9.52 Å². The Balaban J connectivity index is 1.45. The van der Waals surface area contributed by atoms with Gasteiger partial charge in [0.15, 0.2) is 0 Å². The van der Waals surface area contributed by atoms with E-state index in [1.807, 2.05) is 17.6 Å². The standard InChI is InChI=1S/C17H25N3O2S/c1-13-17(23-12-18-13)10-19(2)7-14-5-6-20(8-14)9-15-3-4-16(11-21)22-15/h3-4,12,14,21H,5-11H2,1-2H3/t14-/m0/s1. The summed E-state index contributed by atoms with van der Waals surface area (Å²) >= 11 is 1.75. The molecule has 3 heterocycles. The van der Waals surface area contributed by atoms with Crippen LogP contribution in [0.15, 0.2) is 22.1 Å². The number of aromatic nitrogens is 1.